The van der Waals surface area contributed by atoms with Crippen LogP contribution in [0.5, 0.6) is 5.75 Å². The number of ether oxygens (including phenoxy) is 1. The average Bonchev–Trinajstić information content (AvgIpc) is 3.28. The Balaban J connectivity index is 1.45. The number of aryl methyl sites for hydroxylation is 1. The Morgan fingerprint density at radius 3 is 2.42 bits per heavy atom. The molecular weight excluding hydrogens is 390 g/mol. The fraction of sp³-hybridized carbons (Fsp3) is 0.160. The summed E-state index contributed by atoms with van der Waals surface area (Å²) >= 11 is 0. The van der Waals surface area contributed by atoms with E-state index in [1.54, 1.807) is 24.3 Å². The standard InChI is InChI=1S/C25H23N3O3/c1-3-14-30-22-9-5-8-21(16-22)26-23(29)18-10-12-19(13-11-18)24-27-28-25(31-24)20-7-4-6-17(2)15-20/h4-13,15-16H,3,14H2,1-2H3,(H,26,29). The largest absolute Gasteiger partial charge is 0.494 e. The first-order valence-electron chi connectivity index (χ1n) is 10.2. The molecule has 156 valence electrons. The Bertz CT molecular complexity index is 1180. The van der Waals surface area contributed by atoms with E-state index in [-0.39, 0.29) is 5.91 Å². The van der Waals surface area contributed by atoms with E-state index >= 15 is 0 Å². The monoisotopic (exact) mass is 413 g/mol. The minimum absolute atomic E-state index is 0.204. The van der Waals surface area contributed by atoms with E-state index in [9.17, 15) is 4.79 Å². The number of benzene rings is 3. The second-order valence-corrected chi connectivity index (χ2v) is 7.19. The highest BCUT2D eigenvalue weighted by molar-refractivity contribution is 6.04. The quantitative estimate of drug-likeness (QED) is 0.417. The van der Waals surface area contributed by atoms with Gasteiger partial charge in [0.25, 0.3) is 5.91 Å². The van der Waals surface area contributed by atoms with Gasteiger partial charge in [0.1, 0.15) is 5.75 Å². The van der Waals surface area contributed by atoms with Crippen LogP contribution in [-0.4, -0.2) is 22.7 Å². The van der Waals surface area contributed by atoms with Crippen molar-refractivity contribution in [1.29, 1.82) is 0 Å². The molecule has 31 heavy (non-hydrogen) atoms. The van der Waals surface area contributed by atoms with Crippen LogP contribution >= 0.6 is 0 Å². The highest BCUT2D eigenvalue weighted by Gasteiger charge is 2.12. The molecule has 1 heterocycles. The molecule has 1 amide bonds. The van der Waals surface area contributed by atoms with Crippen LogP contribution in [0.1, 0.15) is 29.3 Å². The van der Waals surface area contributed by atoms with Crippen molar-refractivity contribution < 1.29 is 13.9 Å². The minimum atomic E-state index is -0.204. The van der Waals surface area contributed by atoms with E-state index in [4.69, 9.17) is 9.15 Å². The molecule has 0 fully saturated rings. The molecule has 1 aromatic heterocycles. The summed E-state index contributed by atoms with van der Waals surface area (Å²) in [7, 11) is 0. The van der Waals surface area contributed by atoms with Gasteiger partial charge in [-0.15, -0.1) is 10.2 Å². The van der Waals surface area contributed by atoms with Crippen molar-refractivity contribution in [2.75, 3.05) is 11.9 Å². The van der Waals surface area contributed by atoms with Gasteiger partial charge < -0.3 is 14.5 Å². The molecular formula is C25H23N3O3. The zero-order chi connectivity index (χ0) is 21.6. The van der Waals surface area contributed by atoms with E-state index in [2.05, 4.69) is 15.5 Å². The molecule has 3 aromatic carbocycles. The van der Waals surface area contributed by atoms with Crippen LogP contribution in [0, 0.1) is 6.92 Å². The summed E-state index contributed by atoms with van der Waals surface area (Å²) in [5.41, 5.74) is 3.96. The van der Waals surface area contributed by atoms with Crippen molar-refractivity contribution >= 4 is 11.6 Å². The predicted molar refractivity (Wildman–Crippen MR) is 120 cm³/mol. The van der Waals surface area contributed by atoms with Gasteiger partial charge in [0.15, 0.2) is 0 Å². The van der Waals surface area contributed by atoms with Gasteiger partial charge in [-0.25, -0.2) is 0 Å². The van der Waals surface area contributed by atoms with Crippen molar-refractivity contribution in [2.45, 2.75) is 20.3 Å². The van der Waals surface area contributed by atoms with Gasteiger partial charge in [-0.1, -0.05) is 30.7 Å². The zero-order valence-corrected chi connectivity index (χ0v) is 17.5. The summed E-state index contributed by atoms with van der Waals surface area (Å²) in [5.74, 6) is 1.40. The normalized spacial score (nSPS) is 10.6. The third kappa shape index (κ3) is 4.98. The number of carbonyl (C=O) groups excluding carboxylic acids is 1. The molecule has 0 bridgehead atoms. The fourth-order valence-electron chi connectivity index (χ4n) is 3.09. The molecule has 6 nitrogen and oxygen atoms in total. The number of amides is 1. The highest BCUT2D eigenvalue weighted by Crippen LogP contribution is 2.25. The van der Waals surface area contributed by atoms with Gasteiger partial charge in [-0.05, 0) is 61.9 Å². The lowest BCUT2D eigenvalue weighted by Gasteiger charge is -2.09. The summed E-state index contributed by atoms with van der Waals surface area (Å²) in [6, 6.07) is 22.3. The van der Waals surface area contributed by atoms with Crippen molar-refractivity contribution in [3.8, 4) is 28.7 Å². The second kappa shape index (κ2) is 9.26. The maximum atomic E-state index is 12.6. The number of hydrogen-bond donors (Lipinski definition) is 1. The molecule has 6 heteroatoms. The van der Waals surface area contributed by atoms with Crippen LogP contribution in [0.3, 0.4) is 0 Å². The number of aromatic nitrogens is 2. The average molecular weight is 413 g/mol. The van der Waals surface area contributed by atoms with Gasteiger partial charge in [0.2, 0.25) is 11.8 Å². The summed E-state index contributed by atoms with van der Waals surface area (Å²) in [6.07, 6.45) is 0.926. The lowest BCUT2D eigenvalue weighted by atomic mass is 10.1. The first kappa shape index (κ1) is 20.3. The van der Waals surface area contributed by atoms with E-state index in [0.29, 0.717) is 29.6 Å². The number of anilines is 1. The van der Waals surface area contributed by atoms with E-state index in [0.717, 1.165) is 28.9 Å². The molecule has 0 unspecified atom stereocenters. The molecule has 0 atom stereocenters. The summed E-state index contributed by atoms with van der Waals surface area (Å²) in [4.78, 5) is 12.6. The van der Waals surface area contributed by atoms with Crippen molar-refractivity contribution in [2.24, 2.45) is 0 Å². The Labute approximate surface area is 180 Å². The smallest absolute Gasteiger partial charge is 0.255 e. The Hall–Kier alpha value is -3.93. The number of rotatable bonds is 7. The van der Waals surface area contributed by atoms with Crippen LogP contribution in [-0.2, 0) is 0 Å². The summed E-state index contributed by atoms with van der Waals surface area (Å²) < 4.78 is 11.4. The van der Waals surface area contributed by atoms with Crippen molar-refractivity contribution in [1.82, 2.24) is 10.2 Å². The summed E-state index contributed by atoms with van der Waals surface area (Å²) in [6.45, 7) is 4.70. The Morgan fingerprint density at radius 2 is 1.68 bits per heavy atom. The van der Waals surface area contributed by atoms with Gasteiger partial charge in [0, 0.05) is 28.4 Å². The van der Waals surface area contributed by atoms with Gasteiger partial charge in [-0.2, -0.15) is 0 Å². The predicted octanol–water partition coefficient (Wildman–Crippen LogP) is 5.75. The number of nitrogens with one attached hydrogen (secondary N) is 1. The minimum Gasteiger partial charge on any atom is -0.494 e. The molecule has 0 spiro atoms. The number of hydrogen-bond acceptors (Lipinski definition) is 5. The van der Waals surface area contributed by atoms with Crippen LogP contribution < -0.4 is 10.1 Å². The topological polar surface area (TPSA) is 77.2 Å². The first-order valence-corrected chi connectivity index (χ1v) is 10.2. The molecule has 0 aliphatic heterocycles. The fourth-order valence-corrected chi connectivity index (χ4v) is 3.09. The van der Waals surface area contributed by atoms with Crippen LogP contribution in [0.2, 0.25) is 0 Å². The molecule has 0 saturated carbocycles. The highest BCUT2D eigenvalue weighted by atomic mass is 16.5. The van der Waals surface area contributed by atoms with Gasteiger partial charge in [-0.3, -0.25) is 4.79 Å². The van der Waals surface area contributed by atoms with Crippen LogP contribution in [0.15, 0.2) is 77.2 Å². The molecule has 1 N–H and O–H groups in total. The second-order valence-electron chi connectivity index (χ2n) is 7.19. The van der Waals surface area contributed by atoms with E-state index < -0.39 is 0 Å². The third-order valence-corrected chi connectivity index (χ3v) is 4.65. The van der Waals surface area contributed by atoms with Crippen LogP contribution in [0.4, 0.5) is 5.69 Å². The molecule has 0 aliphatic rings. The van der Waals surface area contributed by atoms with Crippen molar-refractivity contribution in [3.05, 3.63) is 83.9 Å². The van der Waals surface area contributed by atoms with E-state index in [1.807, 2.05) is 62.4 Å². The Morgan fingerprint density at radius 1 is 0.935 bits per heavy atom. The lowest BCUT2D eigenvalue weighted by molar-refractivity contribution is 0.102. The molecule has 4 rings (SSSR count). The molecule has 0 saturated heterocycles. The molecule has 4 aromatic rings. The number of nitrogens with zero attached hydrogens (tertiary/aromatic N) is 2. The van der Waals surface area contributed by atoms with Crippen molar-refractivity contribution in [3.63, 3.8) is 0 Å². The molecule has 0 radical (unpaired) electrons. The van der Waals surface area contributed by atoms with Gasteiger partial charge >= 0.3 is 0 Å². The Kier molecular flexibility index (Phi) is 6.08. The van der Waals surface area contributed by atoms with Crippen LogP contribution in [0.25, 0.3) is 22.9 Å². The van der Waals surface area contributed by atoms with Gasteiger partial charge in [0.05, 0.1) is 6.61 Å². The lowest BCUT2D eigenvalue weighted by Crippen LogP contribution is -2.11. The SMILES string of the molecule is CCCOc1cccc(NC(=O)c2ccc(-c3nnc(-c4cccc(C)c4)o3)cc2)c1. The first-order chi connectivity index (χ1) is 15.1. The molecule has 0 aliphatic carbocycles. The maximum Gasteiger partial charge on any atom is 0.255 e. The zero-order valence-electron chi connectivity index (χ0n) is 17.5. The summed E-state index contributed by atoms with van der Waals surface area (Å²) in [5, 5.41) is 11.2. The van der Waals surface area contributed by atoms with E-state index in [1.165, 1.54) is 0 Å². The third-order valence-electron chi connectivity index (χ3n) is 4.65. The maximum absolute atomic E-state index is 12.6. The number of carbonyl (C=O) groups is 1.